The standard InChI is InChI=1S/C24H37N3O5/c1-4-32-24(30)26-12-10-19(11-13-26)25-23(29)22-20(16-31-3)27(17(2)14-21(22)28)15-18-8-6-5-7-9-18/h14,18-19H,4-13,15-16H2,1-3H3,(H,25,29). The second kappa shape index (κ2) is 11.5. The molecule has 1 N–H and O–H groups in total. The third-order valence-electron chi connectivity index (χ3n) is 6.66. The number of ether oxygens (including phenoxy) is 2. The fourth-order valence-electron chi connectivity index (χ4n) is 4.92. The van der Waals surface area contributed by atoms with E-state index in [9.17, 15) is 14.4 Å². The first-order valence-corrected chi connectivity index (χ1v) is 11.9. The van der Waals surface area contributed by atoms with Crippen molar-refractivity contribution in [2.24, 2.45) is 5.92 Å². The van der Waals surface area contributed by atoms with E-state index in [0.717, 1.165) is 12.2 Å². The molecule has 1 saturated heterocycles. The van der Waals surface area contributed by atoms with Crippen molar-refractivity contribution in [3.05, 3.63) is 33.2 Å². The minimum absolute atomic E-state index is 0.0870. The van der Waals surface area contributed by atoms with Crippen LogP contribution in [0.5, 0.6) is 0 Å². The molecule has 1 saturated carbocycles. The Morgan fingerprint density at radius 1 is 1.12 bits per heavy atom. The molecule has 2 heterocycles. The second-order valence-corrected chi connectivity index (χ2v) is 8.95. The Balaban J connectivity index is 1.75. The first kappa shape index (κ1) is 24.3. The van der Waals surface area contributed by atoms with Gasteiger partial charge < -0.3 is 24.3 Å². The number of amides is 2. The zero-order valence-electron chi connectivity index (χ0n) is 19.7. The largest absolute Gasteiger partial charge is 0.450 e. The summed E-state index contributed by atoms with van der Waals surface area (Å²) in [6.07, 6.45) is 7.06. The van der Waals surface area contributed by atoms with E-state index in [4.69, 9.17) is 9.47 Å². The van der Waals surface area contributed by atoms with Gasteiger partial charge in [-0.3, -0.25) is 9.59 Å². The Morgan fingerprint density at radius 2 is 1.81 bits per heavy atom. The highest BCUT2D eigenvalue weighted by atomic mass is 16.6. The van der Waals surface area contributed by atoms with E-state index < -0.39 is 0 Å². The molecule has 0 radical (unpaired) electrons. The van der Waals surface area contributed by atoms with Crippen molar-refractivity contribution in [3.8, 4) is 0 Å². The summed E-state index contributed by atoms with van der Waals surface area (Å²) < 4.78 is 12.6. The van der Waals surface area contributed by atoms with Crippen LogP contribution in [-0.2, 0) is 22.6 Å². The van der Waals surface area contributed by atoms with Crippen LogP contribution in [0.1, 0.15) is 73.6 Å². The Bertz CT molecular complexity index is 852. The summed E-state index contributed by atoms with van der Waals surface area (Å²) in [6.45, 7) is 6.12. The van der Waals surface area contributed by atoms with Gasteiger partial charge in [0.15, 0.2) is 5.43 Å². The first-order valence-electron chi connectivity index (χ1n) is 11.9. The molecule has 2 amide bonds. The van der Waals surface area contributed by atoms with E-state index in [2.05, 4.69) is 9.88 Å². The van der Waals surface area contributed by atoms with Gasteiger partial charge in [-0.25, -0.2) is 4.79 Å². The van der Waals surface area contributed by atoms with Crippen LogP contribution in [0.2, 0.25) is 0 Å². The highest BCUT2D eigenvalue weighted by Gasteiger charge is 2.28. The maximum atomic E-state index is 13.2. The van der Waals surface area contributed by atoms with E-state index in [0.29, 0.717) is 44.1 Å². The highest BCUT2D eigenvalue weighted by Crippen LogP contribution is 2.26. The minimum atomic E-state index is -0.353. The van der Waals surface area contributed by atoms with Gasteiger partial charge in [-0.2, -0.15) is 0 Å². The van der Waals surface area contributed by atoms with Crippen LogP contribution in [0.3, 0.4) is 0 Å². The number of carbonyl (C=O) groups excluding carboxylic acids is 2. The maximum absolute atomic E-state index is 13.2. The second-order valence-electron chi connectivity index (χ2n) is 8.95. The summed E-state index contributed by atoms with van der Waals surface area (Å²) in [4.78, 5) is 39.7. The lowest BCUT2D eigenvalue weighted by Crippen LogP contribution is -2.47. The van der Waals surface area contributed by atoms with Gasteiger partial charge in [-0.05, 0) is 45.4 Å². The van der Waals surface area contributed by atoms with Gasteiger partial charge in [0.05, 0.1) is 18.9 Å². The lowest BCUT2D eigenvalue weighted by atomic mass is 9.89. The number of nitrogens with one attached hydrogen (secondary N) is 1. The zero-order valence-corrected chi connectivity index (χ0v) is 19.7. The molecule has 1 aromatic rings. The molecule has 178 valence electrons. The number of rotatable bonds is 7. The topological polar surface area (TPSA) is 89.9 Å². The summed E-state index contributed by atoms with van der Waals surface area (Å²) >= 11 is 0. The van der Waals surface area contributed by atoms with Gasteiger partial charge >= 0.3 is 6.09 Å². The van der Waals surface area contributed by atoms with Crippen molar-refractivity contribution < 1.29 is 19.1 Å². The molecule has 2 fully saturated rings. The molecule has 1 aromatic heterocycles. The summed E-state index contributed by atoms with van der Waals surface area (Å²) in [5, 5.41) is 3.03. The van der Waals surface area contributed by atoms with E-state index in [1.54, 1.807) is 25.0 Å². The van der Waals surface area contributed by atoms with Crippen molar-refractivity contribution in [1.82, 2.24) is 14.8 Å². The van der Waals surface area contributed by atoms with Gasteiger partial charge in [0.2, 0.25) is 0 Å². The van der Waals surface area contributed by atoms with Crippen LogP contribution < -0.4 is 10.7 Å². The number of aromatic nitrogens is 1. The Labute approximate surface area is 190 Å². The molecule has 1 aliphatic heterocycles. The lowest BCUT2D eigenvalue weighted by Gasteiger charge is -2.32. The summed E-state index contributed by atoms with van der Waals surface area (Å²) in [5.41, 5.74) is 1.44. The number of carbonyl (C=O) groups is 2. The Hall–Kier alpha value is -2.35. The van der Waals surface area contributed by atoms with Crippen LogP contribution in [0.25, 0.3) is 0 Å². The Morgan fingerprint density at radius 3 is 2.44 bits per heavy atom. The molecule has 32 heavy (non-hydrogen) atoms. The predicted molar refractivity (Wildman–Crippen MR) is 122 cm³/mol. The number of pyridine rings is 1. The monoisotopic (exact) mass is 447 g/mol. The third kappa shape index (κ3) is 5.91. The maximum Gasteiger partial charge on any atom is 0.409 e. The summed E-state index contributed by atoms with van der Waals surface area (Å²) in [7, 11) is 1.59. The molecule has 0 atom stereocenters. The van der Waals surface area contributed by atoms with E-state index in [1.165, 1.54) is 32.1 Å². The minimum Gasteiger partial charge on any atom is -0.450 e. The number of hydrogen-bond donors (Lipinski definition) is 1. The van der Waals surface area contributed by atoms with Crippen molar-refractivity contribution in [2.45, 2.75) is 78.0 Å². The van der Waals surface area contributed by atoms with E-state index in [1.807, 2.05) is 6.92 Å². The highest BCUT2D eigenvalue weighted by molar-refractivity contribution is 5.95. The number of aryl methyl sites for hydroxylation is 1. The average Bonchev–Trinajstić information content (AvgIpc) is 2.78. The van der Waals surface area contributed by atoms with Gasteiger partial charge in [0.1, 0.15) is 5.56 Å². The molecule has 8 heteroatoms. The molecular formula is C24H37N3O5. The van der Waals surface area contributed by atoms with Crippen LogP contribution in [0, 0.1) is 12.8 Å². The molecule has 3 rings (SSSR count). The van der Waals surface area contributed by atoms with Crippen molar-refractivity contribution in [2.75, 3.05) is 26.8 Å². The lowest BCUT2D eigenvalue weighted by molar-refractivity contribution is 0.0854. The smallest absolute Gasteiger partial charge is 0.409 e. The van der Waals surface area contributed by atoms with Crippen LogP contribution in [-0.4, -0.2) is 54.3 Å². The quantitative estimate of drug-likeness (QED) is 0.693. The van der Waals surface area contributed by atoms with Gasteiger partial charge in [-0.1, -0.05) is 19.3 Å². The number of likely N-dealkylation sites (tertiary alicyclic amines) is 1. The van der Waals surface area contributed by atoms with Gasteiger partial charge in [0, 0.05) is 44.5 Å². The fraction of sp³-hybridized carbons (Fsp3) is 0.708. The zero-order chi connectivity index (χ0) is 23.1. The van der Waals surface area contributed by atoms with Crippen LogP contribution >= 0.6 is 0 Å². The van der Waals surface area contributed by atoms with Crippen molar-refractivity contribution in [3.63, 3.8) is 0 Å². The summed E-state index contributed by atoms with van der Waals surface area (Å²) in [5.74, 6) is 0.206. The van der Waals surface area contributed by atoms with E-state index in [-0.39, 0.29) is 35.6 Å². The molecular weight excluding hydrogens is 410 g/mol. The molecule has 2 aliphatic rings. The van der Waals surface area contributed by atoms with Gasteiger partial charge in [-0.15, -0.1) is 0 Å². The first-order chi connectivity index (χ1) is 15.4. The van der Waals surface area contributed by atoms with Crippen LogP contribution in [0.15, 0.2) is 10.9 Å². The third-order valence-corrected chi connectivity index (χ3v) is 6.66. The fourth-order valence-corrected chi connectivity index (χ4v) is 4.92. The average molecular weight is 448 g/mol. The van der Waals surface area contributed by atoms with E-state index >= 15 is 0 Å². The predicted octanol–water partition coefficient (Wildman–Crippen LogP) is 3.23. The molecule has 1 aliphatic carbocycles. The SMILES string of the molecule is CCOC(=O)N1CCC(NC(=O)c2c(COC)n(CC3CCCCC3)c(C)cc2=O)CC1. The molecule has 0 spiro atoms. The number of methoxy groups -OCH3 is 1. The van der Waals surface area contributed by atoms with Crippen LogP contribution in [0.4, 0.5) is 4.79 Å². The normalized spacial score (nSPS) is 17.9. The van der Waals surface area contributed by atoms with Gasteiger partial charge in [0.25, 0.3) is 5.91 Å². The molecule has 0 bridgehead atoms. The number of nitrogens with zero attached hydrogens (tertiary/aromatic N) is 2. The molecule has 8 nitrogen and oxygen atoms in total. The van der Waals surface area contributed by atoms with Crippen molar-refractivity contribution in [1.29, 1.82) is 0 Å². The Kier molecular flexibility index (Phi) is 8.73. The van der Waals surface area contributed by atoms with Crippen molar-refractivity contribution >= 4 is 12.0 Å². The number of piperidine rings is 1. The summed E-state index contributed by atoms with van der Waals surface area (Å²) in [6, 6.07) is 1.48. The number of hydrogen-bond acceptors (Lipinski definition) is 5. The molecule has 0 aromatic carbocycles. The molecule has 0 unspecified atom stereocenters.